The van der Waals surface area contributed by atoms with Gasteiger partial charge in [-0.05, 0) is 30.5 Å². The van der Waals surface area contributed by atoms with Gasteiger partial charge in [0.05, 0.1) is 21.3 Å². The molecule has 0 aliphatic carbocycles. The molecule has 1 aromatic rings. The van der Waals surface area contributed by atoms with Gasteiger partial charge in [0.25, 0.3) is 0 Å². The van der Waals surface area contributed by atoms with Gasteiger partial charge in [0.1, 0.15) is 6.04 Å². The van der Waals surface area contributed by atoms with Crippen molar-refractivity contribution in [2.24, 2.45) is 0 Å². The Bertz CT molecular complexity index is 540. The molecule has 24 heavy (non-hydrogen) atoms. The normalized spacial score (nSPS) is 19.8. The van der Waals surface area contributed by atoms with Gasteiger partial charge < -0.3 is 19.5 Å². The summed E-state index contributed by atoms with van der Waals surface area (Å²) in [5.74, 6) is 1.67. The number of ether oxygens (including phenoxy) is 3. The number of hydrogen-bond acceptors (Lipinski definition) is 6. The van der Waals surface area contributed by atoms with Crippen molar-refractivity contribution in [2.45, 2.75) is 44.8 Å². The van der Waals surface area contributed by atoms with Crippen molar-refractivity contribution in [3.63, 3.8) is 0 Å². The Labute approximate surface area is 143 Å². The van der Waals surface area contributed by atoms with Crippen molar-refractivity contribution < 1.29 is 19.0 Å². The Hall–Kier alpha value is -1.99. The molecule has 0 spiro atoms. The van der Waals surface area contributed by atoms with Gasteiger partial charge in [0, 0.05) is 12.6 Å². The van der Waals surface area contributed by atoms with Crippen LogP contribution in [0.4, 0.5) is 0 Å². The van der Waals surface area contributed by atoms with E-state index in [1.165, 1.54) is 0 Å². The van der Waals surface area contributed by atoms with Crippen LogP contribution in [0, 0.1) is 0 Å². The molecular formula is C17H27N3O4. The number of rotatable bonds is 8. The molecule has 3 N–H and O–H groups in total. The summed E-state index contributed by atoms with van der Waals surface area (Å²) >= 11 is 0. The molecular weight excluding hydrogens is 310 g/mol. The van der Waals surface area contributed by atoms with Crippen LogP contribution in [0.15, 0.2) is 12.1 Å². The fourth-order valence-electron chi connectivity index (χ4n) is 2.88. The van der Waals surface area contributed by atoms with Crippen molar-refractivity contribution in [1.29, 1.82) is 0 Å². The van der Waals surface area contributed by atoms with E-state index in [1.807, 2.05) is 12.1 Å². The van der Waals surface area contributed by atoms with E-state index in [1.54, 1.807) is 21.3 Å². The first-order valence-corrected chi connectivity index (χ1v) is 8.20. The molecule has 7 nitrogen and oxygen atoms in total. The van der Waals surface area contributed by atoms with E-state index in [4.69, 9.17) is 14.2 Å². The summed E-state index contributed by atoms with van der Waals surface area (Å²) in [5.41, 5.74) is 7.11. The Morgan fingerprint density at radius 3 is 2.38 bits per heavy atom. The molecule has 7 heteroatoms. The lowest BCUT2D eigenvalue weighted by Gasteiger charge is -2.15. The third-order valence-corrected chi connectivity index (χ3v) is 4.13. The third kappa shape index (κ3) is 4.30. The summed E-state index contributed by atoms with van der Waals surface area (Å²) in [6.07, 6.45) is 2.96. The van der Waals surface area contributed by atoms with E-state index >= 15 is 0 Å². The number of carbonyl (C=O) groups excluding carboxylic acids is 1. The largest absolute Gasteiger partial charge is 0.493 e. The first kappa shape index (κ1) is 18.4. The van der Waals surface area contributed by atoms with Crippen LogP contribution < -0.4 is 30.4 Å². The second-order valence-electron chi connectivity index (χ2n) is 5.81. The Morgan fingerprint density at radius 1 is 1.17 bits per heavy atom. The lowest BCUT2D eigenvalue weighted by atomic mass is 10.1. The Morgan fingerprint density at radius 2 is 1.83 bits per heavy atom. The maximum atomic E-state index is 12.3. The molecule has 2 atom stereocenters. The summed E-state index contributed by atoms with van der Waals surface area (Å²) in [6.45, 7) is 2.53. The number of nitrogens with one attached hydrogen (secondary N) is 3. The number of benzene rings is 1. The SMILES string of the molecule is CCCC1CC(C(=O)NCc2cc(OC)c(OC)c(OC)c2)NN1. The predicted octanol–water partition coefficient (Wildman–Crippen LogP) is 1.36. The number of hydrogen-bond donors (Lipinski definition) is 3. The zero-order chi connectivity index (χ0) is 17.5. The highest BCUT2D eigenvalue weighted by molar-refractivity contribution is 5.82. The van der Waals surface area contributed by atoms with E-state index in [9.17, 15) is 4.79 Å². The van der Waals surface area contributed by atoms with Gasteiger partial charge in [-0.3, -0.25) is 10.2 Å². The maximum Gasteiger partial charge on any atom is 0.238 e. The van der Waals surface area contributed by atoms with Crippen LogP contribution in [0.1, 0.15) is 31.7 Å². The van der Waals surface area contributed by atoms with Gasteiger partial charge in [0.2, 0.25) is 11.7 Å². The second kappa shape index (κ2) is 8.75. The van der Waals surface area contributed by atoms with Crippen molar-refractivity contribution in [2.75, 3.05) is 21.3 Å². The van der Waals surface area contributed by atoms with E-state index in [-0.39, 0.29) is 11.9 Å². The van der Waals surface area contributed by atoms with Crippen LogP contribution in [0.3, 0.4) is 0 Å². The van der Waals surface area contributed by atoms with E-state index in [0.717, 1.165) is 24.8 Å². The van der Waals surface area contributed by atoms with Crippen LogP contribution in [0.25, 0.3) is 0 Å². The second-order valence-corrected chi connectivity index (χ2v) is 5.81. The third-order valence-electron chi connectivity index (χ3n) is 4.13. The lowest BCUT2D eigenvalue weighted by molar-refractivity contribution is -0.123. The standard InChI is InChI=1S/C17H27N3O4/c1-5-6-12-9-13(20-19-12)17(21)18-10-11-7-14(22-2)16(24-4)15(8-11)23-3/h7-8,12-13,19-20H,5-6,9-10H2,1-4H3,(H,18,21). The highest BCUT2D eigenvalue weighted by Gasteiger charge is 2.28. The van der Waals surface area contributed by atoms with Gasteiger partial charge in [-0.25, -0.2) is 5.43 Å². The average Bonchev–Trinajstić information content (AvgIpc) is 3.07. The number of amides is 1. The van der Waals surface area contributed by atoms with Gasteiger partial charge in [-0.2, -0.15) is 0 Å². The van der Waals surface area contributed by atoms with E-state index in [2.05, 4.69) is 23.1 Å². The van der Waals surface area contributed by atoms with Crippen LogP contribution >= 0.6 is 0 Å². The van der Waals surface area contributed by atoms with Crippen molar-refractivity contribution >= 4 is 5.91 Å². The van der Waals surface area contributed by atoms with Gasteiger partial charge in [-0.1, -0.05) is 13.3 Å². The van der Waals surface area contributed by atoms with Gasteiger partial charge in [0.15, 0.2) is 11.5 Å². The Kier molecular flexibility index (Phi) is 6.69. The molecule has 2 rings (SSSR count). The zero-order valence-electron chi connectivity index (χ0n) is 14.8. The van der Waals surface area contributed by atoms with E-state index in [0.29, 0.717) is 29.8 Å². The monoisotopic (exact) mass is 337 g/mol. The van der Waals surface area contributed by atoms with Crippen LogP contribution in [-0.4, -0.2) is 39.3 Å². The topological polar surface area (TPSA) is 80.9 Å². The highest BCUT2D eigenvalue weighted by atomic mass is 16.5. The highest BCUT2D eigenvalue weighted by Crippen LogP contribution is 2.38. The number of methoxy groups -OCH3 is 3. The molecule has 1 amide bonds. The number of hydrazine groups is 1. The average molecular weight is 337 g/mol. The Balaban J connectivity index is 1.98. The molecule has 1 fully saturated rings. The molecule has 1 aliphatic heterocycles. The summed E-state index contributed by atoms with van der Waals surface area (Å²) in [6, 6.07) is 3.82. The van der Waals surface area contributed by atoms with Gasteiger partial charge in [-0.15, -0.1) is 0 Å². The zero-order valence-corrected chi connectivity index (χ0v) is 14.8. The molecule has 2 unspecified atom stereocenters. The van der Waals surface area contributed by atoms with Crippen molar-refractivity contribution in [1.82, 2.24) is 16.2 Å². The molecule has 1 aliphatic rings. The quantitative estimate of drug-likeness (QED) is 0.665. The number of carbonyl (C=O) groups is 1. The molecule has 134 valence electrons. The minimum absolute atomic E-state index is 0.0187. The molecule has 0 radical (unpaired) electrons. The minimum Gasteiger partial charge on any atom is -0.493 e. The predicted molar refractivity (Wildman–Crippen MR) is 91.3 cm³/mol. The van der Waals surface area contributed by atoms with Gasteiger partial charge >= 0.3 is 0 Å². The fraction of sp³-hybridized carbons (Fsp3) is 0.588. The van der Waals surface area contributed by atoms with Crippen molar-refractivity contribution in [3.8, 4) is 17.2 Å². The first-order valence-electron chi connectivity index (χ1n) is 8.20. The van der Waals surface area contributed by atoms with Crippen LogP contribution in [0.2, 0.25) is 0 Å². The lowest BCUT2D eigenvalue weighted by Crippen LogP contribution is -2.43. The van der Waals surface area contributed by atoms with Crippen LogP contribution in [-0.2, 0) is 11.3 Å². The molecule has 0 bridgehead atoms. The minimum atomic E-state index is -0.205. The maximum absolute atomic E-state index is 12.3. The molecule has 1 saturated heterocycles. The molecule has 1 heterocycles. The summed E-state index contributed by atoms with van der Waals surface area (Å²) in [7, 11) is 4.70. The fourth-order valence-corrected chi connectivity index (χ4v) is 2.88. The summed E-state index contributed by atoms with van der Waals surface area (Å²) in [4.78, 5) is 12.3. The van der Waals surface area contributed by atoms with Crippen LogP contribution in [0.5, 0.6) is 17.2 Å². The molecule has 0 saturated carbocycles. The molecule has 1 aromatic carbocycles. The van der Waals surface area contributed by atoms with E-state index < -0.39 is 0 Å². The molecule has 0 aromatic heterocycles. The first-order chi connectivity index (χ1) is 11.6. The van der Waals surface area contributed by atoms with Crippen molar-refractivity contribution in [3.05, 3.63) is 17.7 Å². The summed E-state index contributed by atoms with van der Waals surface area (Å²) in [5, 5.41) is 2.95. The summed E-state index contributed by atoms with van der Waals surface area (Å²) < 4.78 is 16.0. The smallest absolute Gasteiger partial charge is 0.238 e.